The minimum atomic E-state index is -0.777. The lowest BCUT2D eigenvalue weighted by atomic mass is 10.1. The van der Waals surface area contributed by atoms with Crippen molar-refractivity contribution >= 4 is 5.97 Å². The van der Waals surface area contributed by atoms with Crippen molar-refractivity contribution in [2.24, 2.45) is 0 Å². The Morgan fingerprint density at radius 3 is 2.48 bits per heavy atom. The Hall–Kier alpha value is -1.61. The van der Waals surface area contributed by atoms with Gasteiger partial charge in [-0.1, -0.05) is 68.4 Å². The van der Waals surface area contributed by atoms with Crippen LogP contribution in [0, 0.1) is 0 Å². The van der Waals surface area contributed by atoms with Crippen LogP contribution in [-0.4, -0.2) is 22.3 Å². The van der Waals surface area contributed by atoms with E-state index in [1.165, 1.54) is 25.7 Å². The van der Waals surface area contributed by atoms with Crippen LogP contribution in [0.4, 0.5) is 0 Å². The number of aliphatic carboxylic acids is 1. The van der Waals surface area contributed by atoms with Gasteiger partial charge in [0.05, 0.1) is 6.10 Å². The van der Waals surface area contributed by atoms with Crippen LogP contribution in [-0.2, 0) is 4.79 Å². The van der Waals surface area contributed by atoms with Crippen LogP contribution >= 0.6 is 0 Å². The van der Waals surface area contributed by atoms with Crippen molar-refractivity contribution in [2.75, 3.05) is 0 Å². The molecule has 0 bridgehead atoms. The molecule has 1 atom stereocenters. The number of carbonyl (C=O) groups is 1. The number of carboxylic acids is 1. The lowest BCUT2D eigenvalue weighted by molar-refractivity contribution is -0.137. The second-order valence-corrected chi connectivity index (χ2v) is 5.61. The van der Waals surface area contributed by atoms with Gasteiger partial charge >= 0.3 is 5.97 Å². The molecule has 3 heteroatoms. The summed E-state index contributed by atoms with van der Waals surface area (Å²) >= 11 is 0. The molecule has 0 aliphatic rings. The second kappa shape index (κ2) is 16.8. The SMILES string of the molecule is CCCCCC=CCC=CC=C/C=C\C(O)CCCCC(=O)O. The monoisotopic (exact) mass is 320 g/mol. The normalized spacial score (nSPS) is 13.8. The third-order valence-electron chi connectivity index (χ3n) is 3.36. The highest BCUT2D eigenvalue weighted by Crippen LogP contribution is 2.05. The summed E-state index contributed by atoms with van der Waals surface area (Å²) in [6.45, 7) is 2.21. The van der Waals surface area contributed by atoms with E-state index in [4.69, 9.17) is 5.11 Å². The van der Waals surface area contributed by atoms with Crippen molar-refractivity contribution in [1.29, 1.82) is 0 Å². The zero-order chi connectivity index (χ0) is 17.2. The van der Waals surface area contributed by atoms with E-state index in [1.54, 1.807) is 6.08 Å². The summed E-state index contributed by atoms with van der Waals surface area (Å²) in [7, 11) is 0. The first kappa shape index (κ1) is 21.4. The quantitative estimate of drug-likeness (QED) is 0.263. The van der Waals surface area contributed by atoms with Crippen LogP contribution in [0.5, 0.6) is 0 Å². The minimum Gasteiger partial charge on any atom is -0.481 e. The van der Waals surface area contributed by atoms with Gasteiger partial charge in [0.1, 0.15) is 0 Å². The molecule has 0 saturated carbocycles. The van der Waals surface area contributed by atoms with Crippen molar-refractivity contribution in [3.8, 4) is 0 Å². The van der Waals surface area contributed by atoms with Gasteiger partial charge in [0, 0.05) is 6.42 Å². The molecule has 0 aromatic heterocycles. The van der Waals surface area contributed by atoms with E-state index in [-0.39, 0.29) is 6.42 Å². The van der Waals surface area contributed by atoms with E-state index < -0.39 is 12.1 Å². The van der Waals surface area contributed by atoms with Gasteiger partial charge in [-0.25, -0.2) is 0 Å². The van der Waals surface area contributed by atoms with E-state index in [0.29, 0.717) is 12.8 Å². The summed E-state index contributed by atoms with van der Waals surface area (Å²) in [5.74, 6) is -0.777. The molecule has 1 unspecified atom stereocenters. The molecule has 0 rings (SSSR count). The molecule has 0 aliphatic carbocycles. The Kier molecular flexibility index (Phi) is 15.6. The number of unbranched alkanes of at least 4 members (excludes halogenated alkanes) is 4. The molecule has 0 radical (unpaired) electrons. The van der Waals surface area contributed by atoms with Crippen molar-refractivity contribution in [1.82, 2.24) is 0 Å². The smallest absolute Gasteiger partial charge is 0.303 e. The highest BCUT2D eigenvalue weighted by atomic mass is 16.4. The Bertz CT molecular complexity index is 392. The molecule has 3 nitrogen and oxygen atoms in total. The summed E-state index contributed by atoms with van der Waals surface area (Å²) < 4.78 is 0. The van der Waals surface area contributed by atoms with E-state index in [9.17, 15) is 9.90 Å². The van der Waals surface area contributed by atoms with Crippen LogP contribution in [0.2, 0.25) is 0 Å². The van der Waals surface area contributed by atoms with Crippen molar-refractivity contribution in [3.05, 3.63) is 48.6 Å². The van der Waals surface area contributed by atoms with E-state index in [2.05, 4.69) is 25.2 Å². The summed E-state index contributed by atoms with van der Waals surface area (Å²) in [4.78, 5) is 10.3. The highest BCUT2D eigenvalue weighted by molar-refractivity contribution is 5.66. The summed E-state index contributed by atoms with van der Waals surface area (Å²) in [5, 5.41) is 18.2. The maximum Gasteiger partial charge on any atom is 0.303 e. The fourth-order valence-electron chi connectivity index (χ4n) is 2.01. The van der Waals surface area contributed by atoms with Crippen molar-refractivity contribution in [2.45, 2.75) is 70.8 Å². The Balaban J connectivity index is 3.63. The van der Waals surface area contributed by atoms with Crippen molar-refractivity contribution in [3.63, 3.8) is 0 Å². The predicted molar refractivity (Wildman–Crippen MR) is 97.4 cm³/mol. The Morgan fingerprint density at radius 1 is 0.957 bits per heavy atom. The lowest BCUT2D eigenvalue weighted by Crippen LogP contribution is -2.02. The highest BCUT2D eigenvalue weighted by Gasteiger charge is 2.00. The lowest BCUT2D eigenvalue weighted by Gasteiger charge is -2.03. The minimum absolute atomic E-state index is 0.175. The zero-order valence-electron chi connectivity index (χ0n) is 14.4. The molecule has 0 saturated heterocycles. The molecular formula is C20H32O3. The number of rotatable bonds is 14. The van der Waals surface area contributed by atoms with Crippen LogP contribution in [0.25, 0.3) is 0 Å². The molecule has 0 aromatic rings. The first-order chi connectivity index (χ1) is 11.2. The third-order valence-corrected chi connectivity index (χ3v) is 3.36. The topological polar surface area (TPSA) is 57.5 Å². The number of carboxylic acid groups (broad SMARTS) is 1. The zero-order valence-corrected chi connectivity index (χ0v) is 14.4. The van der Waals surface area contributed by atoms with Gasteiger partial charge in [-0.3, -0.25) is 4.79 Å². The molecule has 130 valence electrons. The van der Waals surface area contributed by atoms with Crippen LogP contribution in [0.1, 0.15) is 64.7 Å². The van der Waals surface area contributed by atoms with Gasteiger partial charge in [-0.2, -0.15) is 0 Å². The number of allylic oxidation sites excluding steroid dienone is 7. The first-order valence-electron chi connectivity index (χ1n) is 8.71. The predicted octanol–water partition coefficient (Wildman–Crippen LogP) is 5.19. The summed E-state index contributed by atoms with van der Waals surface area (Å²) in [6, 6.07) is 0. The van der Waals surface area contributed by atoms with Gasteiger partial charge < -0.3 is 10.2 Å². The standard InChI is InChI=1S/C20H32O3/c1-2-3-4-5-6-7-8-9-10-11-12-13-16-19(21)17-14-15-18-20(22)23/h6-7,9-13,16,19,21H,2-5,8,14-15,17-18H2,1H3,(H,22,23)/b7-6?,10-9?,12-11?,16-13-. The summed E-state index contributed by atoms with van der Waals surface area (Å²) in [5.41, 5.74) is 0. The van der Waals surface area contributed by atoms with Gasteiger partial charge in [0.25, 0.3) is 0 Å². The first-order valence-corrected chi connectivity index (χ1v) is 8.71. The fourth-order valence-corrected chi connectivity index (χ4v) is 2.01. The van der Waals surface area contributed by atoms with Crippen LogP contribution in [0.3, 0.4) is 0 Å². The molecule has 2 N–H and O–H groups in total. The average molecular weight is 320 g/mol. The second-order valence-electron chi connectivity index (χ2n) is 5.61. The molecule has 0 aliphatic heterocycles. The molecule has 0 aromatic carbocycles. The van der Waals surface area contributed by atoms with Crippen molar-refractivity contribution < 1.29 is 15.0 Å². The van der Waals surface area contributed by atoms with Crippen LogP contribution in [0.15, 0.2) is 48.6 Å². The average Bonchev–Trinajstić information content (AvgIpc) is 2.52. The van der Waals surface area contributed by atoms with E-state index >= 15 is 0 Å². The number of aliphatic hydroxyl groups excluding tert-OH is 1. The van der Waals surface area contributed by atoms with E-state index in [0.717, 1.165) is 12.8 Å². The van der Waals surface area contributed by atoms with Gasteiger partial charge in [-0.05, 0) is 38.5 Å². The molecule has 0 spiro atoms. The third kappa shape index (κ3) is 18.3. The fraction of sp³-hybridized carbons (Fsp3) is 0.550. The van der Waals surface area contributed by atoms with E-state index in [1.807, 2.05) is 24.3 Å². The molecule has 23 heavy (non-hydrogen) atoms. The largest absolute Gasteiger partial charge is 0.481 e. The van der Waals surface area contributed by atoms with Gasteiger partial charge in [0.15, 0.2) is 0 Å². The molecular weight excluding hydrogens is 288 g/mol. The maximum atomic E-state index is 10.3. The van der Waals surface area contributed by atoms with Crippen LogP contribution < -0.4 is 0 Å². The maximum absolute atomic E-state index is 10.3. The van der Waals surface area contributed by atoms with Gasteiger partial charge in [0.2, 0.25) is 0 Å². The number of hydrogen-bond acceptors (Lipinski definition) is 2. The summed E-state index contributed by atoms with van der Waals surface area (Å²) in [6.07, 6.45) is 23.5. The Labute approximate surface area is 141 Å². The number of hydrogen-bond donors (Lipinski definition) is 2. The molecule has 0 heterocycles. The molecule has 0 fully saturated rings. The Morgan fingerprint density at radius 2 is 1.74 bits per heavy atom. The number of aliphatic hydroxyl groups is 1. The molecule has 0 amide bonds. The van der Waals surface area contributed by atoms with Gasteiger partial charge in [-0.15, -0.1) is 0 Å².